The summed E-state index contributed by atoms with van der Waals surface area (Å²) < 4.78 is 3.38. The Morgan fingerprint density at radius 3 is 2.53 bits per heavy atom. The van der Waals surface area contributed by atoms with Gasteiger partial charge in [-0.15, -0.1) is 0 Å². The van der Waals surface area contributed by atoms with E-state index in [1.165, 1.54) is 49.9 Å². The van der Waals surface area contributed by atoms with Crippen LogP contribution in [0, 0.1) is 5.41 Å². The van der Waals surface area contributed by atoms with Crippen molar-refractivity contribution in [2.24, 2.45) is 5.41 Å². The van der Waals surface area contributed by atoms with E-state index in [2.05, 4.69) is 34.5 Å². The largest absolute Gasteiger partial charge is 0.384 e. The maximum Gasteiger partial charge on any atom is 0.0444 e. The third kappa shape index (κ3) is 1.85. The molecule has 2 N–H and O–H groups in total. The minimum atomic E-state index is 0.430. The lowest BCUT2D eigenvalue weighted by molar-refractivity contribution is 0.232. The predicted molar refractivity (Wildman–Crippen MR) is 83.9 cm³/mol. The molecule has 2 aliphatic carbocycles. The van der Waals surface area contributed by atoms with Gasteiger partial charge in [-0.1, -0.05) is 11.9 Å². The van der Waals surface area contributed by atoms with Gasteiger partial charge in [0.05, 0.1) is 0 Å². The zero-order chi connectivity index (χ0) is 12.9. The molecule has 0 amide bonds. The van der Waals surface area contributed by atoms with Crippen LogP contribution in [0.5, 0.6) is 0 Å². The van der Waals surface area contributed by atoms with Crippen LogP contribution < -0.4 is 10.0 Å². The van der Waals surface area contributed by atoms with Crippen molar-refractivity contribution < 1.29 is 0 Å². The van der Waals surface area contributed by atoms with Gasteiger partial charge in [0.2, 0.25) is 0 Å². The second kappa shape index (κ2) is 4.08. The third-order valence-corrected chi connectivity index (χ3v) is 6.09. The number of fused-ring (bicyclic) bond motifs is 2. The van der Waals surface area contributed by atoms with Gasteiger partial charge in [-0.05, 0) is 67.7 Å². The first-order chi connectivity index (χ1) is 9.25. The molecule has 1 heterocycles. The molecule has 2 saturated carbocycles. The Hall–Kier alpha value is -0.830. The molecule has 1 aromatic carbocycles. The zero-order valence-electron chi connectivity index (χ0n) is 11.6. The Bertz CT molecular complexity index is 497. The Labute approximate surface area is 119 Å². The molecule has 0 atom stereocenters. The lowest BCUT2D eigenvalue weighted by Gasteiger charge is -2.37. The van der Waals surface area contributed by atoms with E-state index in [4.69, 9.17) is 0 Å². The lowest BCUT2D eigenvalue weighted by atomic mass is 9.66. The summed E-state index contributed by atoms with van der Waals surface area (Å²) in [5.74, 6) is 0. The Balaban J connectivity index is 1.64. The molecular formula is C16H22N2S. The number of anilines is 2. The average molecular weight is 274 g/mol. The standard InChI is InChI=1S/C16H22N2S/c1-19-18-12-2-3-14-13(10-12)16(11-17-14)8-6-15(4-5-15)7-9-16/h2-3,10,17-18H,4-9,11H2,1H3. The molecule has 2 fully saturated rings. The van der Waals surface area contributed by atoms with E-state index < -0.39 is 0 Å². The van der Waals surface area contributed by atoms with Gasteiger partial charge < -0.3 is 10.0 Å². The maximum atomic E-state index is 3.64. The summed E-state index contributed by atoms with van der Waals surface area (Å²) in [5, 5.41) is 3.64. The van der Waals surface area contributed by atoms with E-state index >= 15 is 0 Å². The van der Waals surface area contributed by atoms with E-state index in [1.807, 2.05) is 0 Å². The number of hydrogen-bond donors (Lipinski definition) is 2. The zero-order valence-corrected chi connectivity index (χ0v) is 12.4. The van der Waals surface area contributed by atoms with Crippen molar-refractivity contribution in [2.45, 2.75) is 43.9 Å². The molecule has 2 spiro atoms. The fraction of sp³-hybridized carbons (Fsp3) is 0.625. The number of hydrogen-bond acceptors (Lipinski definition) is 3. The summed E-state index contributed by atoms with van der Waals surface area (Å²) in [6.45, 7) is 1.15. The van der Waals surface area contributed by atoms with E-state index in [0.717, 1.165) is 12.0 Å². The third-order valence-electron chi connectivity index (χ3n) is 5.65. The number of nitrogens with one attached hydrogen (secondary N) is 2. The molecule has 0 aromatic heterocycles. The van der Waals surface area contributed by atoms with E-state index in [-0.39, 0.29) is 0 Å². The van der Waals surface area contributed by atoms with Crippen LogP contribution in [-0.2, 0) is 5.41 Å². The highest BCUT2D eigenvalue weighted by molar-refractivity contribution is 7.99. The molecule has 102 valence electrons. The first-order valence-electron chi connectivity index (χ1n) is 7.43. The van der Waals surface area contributed by atoms with Gasteiger partial charge in [0.1, 0.15) is 0 Å². The van der Waals surface area contributed by atoms with Gasteiger partial charge in [-0.25, -0.2) is 0 Å². The lowest BCUT2D eigenvalue weighted by Crippen LogP contribution is -2.34. The highest BCUT2D eigenvalue weighted by Gasteiger charge is 2.51. The summed E-state index contributed by atoms with van der Waals surface area (Å²) in [4.78, 5) is 0. The van der Waals surface area contributed by atoms with Gasteiger partial charge in [0, 0.05) is 29.6 Å². The van der Waals surface area contributed by atoms with Crippen LogP contribution in [0.4, 0.5) is 11.4 Å². The smallest absolute Gasteiger partial charge is 0.0444 e. The molecule has 1 aromatic rings. The summed E-state index contributed by atoms with van der Waals surface area (Å²) in [6, 6.07) is 6.83. The first kappa shape index (κ1) is 12.0. The second-order valence-electron chi connectivity index (χ2n) is 6.70. The molecule has 0 unspecified atom stereocenters. The van der Waals surface area contributed by atoms with Gasteiger partial charge in [0.25, 0.3) is 0 Å². The Kier molecular flexibility index (Phi) is 2.57. The molecule has 0 radical (unpaired) electrons. The molecule has 2 nitrogen and oxygen atoms in total. The number of rotatable bonds is 2. The van der Waals surface area contributed by atoms with Gasteiger partial charge in [0.15, 0.2) is 0 Å². The molecule has 3 aliphatic rings. The summed E-state index contributed by atoms with van der Waals surface area (Å²) in [7, 11) is 0. The van der Waals surface area contributed by atoms with Crippen LogP contribution in [0.25, 0.3) is 0 Å². The topological polar surface area (TPSA) is 24.1 Å². The van der Waals surface area contributed by atoms with Crippen molar-refractivity contribution in [1.82, 2.24) is 0 Å². The van der Waals surface area contributed by atoms with Crippen LogP contribution in [0.1, 0.15) is 44.1 Å². The molecule has 4 rings (SSSR count). The predicted octanol–water partition coefficient (Wildman–Crippen LogP) is 4.39. The Morgan fingerprint density at radius 2 is 1.84 bits per heavy atom. The number of benzene rings is 1. The van der Waals surface area contributed by atoms with Crippen molar-refractivity contribution in [3.05, 3.63) is 23.8 Å². The normalized spacial score (nSPS) is 25.1. The van der Waals surface area contributed by atoms with Crippen LogP contribution in [0.3, 0.4) is 0 Å². The monoisotopic (exact) mass is 274 g/mol. The van der Waals surface area contributed by atoms with E-state index in [9.17, 15) is 0 Å². The summed E-state index contributed by atoms with van der Waals surface area (Å²) in [6.07, 6.45) is 10.8. The maximum absolute atomic E-state index is 3.64. The highest BCUT2D eigenvalue weighted by atomic mass is 32.2. The van der Waals surface area contributed by atoms with Crippen LogP contribution in [-0.4, -0.2) is 12.8 Å². The molecule has 0 saturated heterocycles. The molecule has 1 aliphatic heterocycles. The average Bonchev–Trinajstić information content (AvgIpc) is 3.12. The molecule has 19 heavy (non-hydrogen) atoms. The Morgan fingerprint density at radius 1 is 1.11 bits per heavy atom. The molecule has 3 heteroatoms. The quantitative estimate of drug-likeness (QED) is 0.782. The molecule has 0 bridgehead atoms. The van der Waals surface area contributed by atoms with Crippen LogP contribution in [0.15, 0.2) is 18.2 Å². The van der Waals surface area contributed by atoms with Crippen molar-refractivity contribution in [3.63, 3.8) is 0 Å². The summed E-state index contributed by atoms with van der Waals surface area (Å²) >= 11 is 1.67. The second-order valence-corrected chi connectivity index (χ2v) is 7.31. The van der Waals surface area contributed by atoms with Crippen molar-refractivity contribution in [1.29, 1.82) is 0 Å². The van der Waals surface area contributed by atoms with Crippen molar-refractivity contribution in [3.8, 4) is 0 Å². The van der Waals surface area contributed by atoms with Gasteiger partial charge >= 0.3 is 0 Å². The van der Waals surface area contributed by atoms with Gasteiger partial charge in [-0.2, -0.15) is 0 Å². The fourth-order valence-corrected chi connectivity index (χ4v) is 4.42. The van der Waals surface area contributed by atoms with E-state index in [0.29, 0.717) is 5.41 Å². The first-order valence-corrected chi connectivity index (χ1v) is 8.65. The minimum absolute atomic E-state index is 0.430. The van der Waals surface area contributed by atoms with Crippen LogP contribution in [0.2, 0.25) is 0 Å². The molecular weight excluding hydrogens is 252 g/mol. The highest BCUT2D eigenvalue weighted by Crippen LogP contribution is 2.61. The van der Waals surface area contributed by atoms with Crippen LogP contribution >= 0.6 is 11.9 Å². The minimum Gasteiger partial charge on any atom is -0.384 e. The van der Waals surface area contributed by atoms with Crippen molar-refractivity contribution >= 4 is 23.3 Å². The fourth-order valence-electron chi connectivity index (χ4n) is 4.06. The van der Waals surface area contributed by atoms with Gasteiger partial charge in [-0.3, -0.25) is 0 Å². The summed E-state index contributed by atoms with van der Waals surface area (Å²) in [5.41, 5.74) is 5.41. The SMILES string of the molecule is CSNc1ccc2c(c1)C1(CCC3(CC3)CC1)CN2. The van der Waals surface area contributed by atoms with E-state index in [1.54, 1.807) is 17.5 Å². The van der Waals surface area contributed by atoms with Crippen molar-refractivity contribution in [2.75, 3.05) is 22.8 Å².